The number of hydrogen-bond acceptors (Lipinski definition) is 6. The molecule has 2 heterocycles. The van der Waals surface area contributed by atoms with Crippen LogP contribution in [0.2, 0.25) is 0 Å². The average molecular weight is 403 g/mol. The van der Waals surface area contributed by atoms with Gasteiger partial charge in [-0.1, -0.05) is 30.3 Å². The van der Waals surface area contributed by atoms with Crippen LogP contribution in [0.3, 0.4) is 0 Å². The number of benzene rings is 1. The summed E-state index contributed by atoms with van der Waals surface area (Å²) in [7, 11) is 0. The van der Waals surface area contributed by atoms with Crippen molar-refractivity contribution in [3.05, 3.63) is 42.0 Å². The molecule has 1 fully saturated rings. The number of thiophene rings is 1. The van der Waals surface area contributed by atoms with E-state index in [1.807, 2.05) is 42.2 Å². The highest BCUT2D eigenvalue weighted by atomic mass is 32.1. The van der Waals surface area contributed by atoms with Gasteiger partial charge in [-0.05, 0) is 44.9 Å². The molecule has 1 aromatic heterocycles. The number of nitrogens with zero attached hydrogens (tertiary/aromatic N) is 1. The molecule has 1 amide bonds. The lowest BCUT2D eigenvalue weighted by atomic mass is 10.1. The van der Waals surface area contributed by atoms with E-state index >= 15 is 0 Å². The van der Waals surface area contributed by atoms with Crippen molar-refractivity contribution in [1.82, 2.24) is 4.90 Å². The van der Waals surface area contributed by atoms with Crippen LogP contribution in [0.1, 0.15) is 37.0 Å². The van der Waals surface area contributed by atoms with Crippen LogP contribution in [0.15, 0.2) is 36.4 Å². The van der Waals surface area contributed by atoms with Crippen LogP contribution >= 0.6 is 11.3 Å². The lowest BCUT2D eigenvalue weighted by molar-refractivity contribution is -0.121. The Labute approximate surface area is 169 Å². The Hall–Kier alpha value is -2.22. The summed E-state index contributed by atoms with van der Waals surface area (Å²) in [6, 6.07) is 11.1. The summed E-state index contributed by atoms with van der Waals surface area (Å²) in [5.41, 5.74) is 1.34. The molecule has 1 aliphatic rings. The minimum atomic E-state index is -0.447. The van der Waals surface area contributed by atoms with Crippen LogP contribution in [0.4, 0.5) is 5.00 Å². The molecule has 0 bridgehead atoms. The molecule has 28 heavy (non-hydrogen) atoms. The van der Waals surface area contributed by atoms with Gasteiger partial charge in [-0.2, -0.15) is 0 Å². The molecule has 2 unspecified atom stereocenters. The number of anilines is 1. The largest absolute Gasteiger partial charge is 0.462 e. The zero-order valence-corrected chi connectivity index (χ0v) is 17.0. The number of likely N-dealkylation sites (tertiary alicyclic amines) is 1. The maximum absolute atomic E-state index is 12.8. The SMILES string of the molecule is CCOC(=O)c1cc(-c2ccccc2)sc1NC(=O)C(C)N1CCCC(O)C1. The molecule has 0 aliphatic carbocycles. The fourth-order valence-electron chi connectivity index (χ4n) is 3.31. The van der Waals surface area contributed by atoms with Crippen molar-refractivity contribution in [2.75, 3.05) is 25.0 Å². The molecule has 150 valence electrons. The summed E-state index contributed by atoms with van der Waals surface area (Å²) < 4.78 is 5.16. The molecule has 0 radical (unpaired) electrons. The Bertz CT molecular complexity index is 821. The number of piperidine rings is 1. The molecule has 2 atom stereocenters. The number of ether oxygens (including phenoxy) is 1. The van der Waals surface area contributed by atoms with E-state index in [4.69, 9.17) is 4.74 Å². The monoisotopic (exact) mass is 402 g/mol. The molecule has 0 saturated carbocycles. The van der Waals surface area contributed by atoms with Crippen molar-refractivity contribution < 1.29 is 19.4 Å². The zero-order chi connectivity index (χ0) is 20.1. The van der Waals surface area contributed by atoms with E-state index in [9.17, 15) is 14.7 Å². The van der Waals surface area contributed by atoms with Gasteiger partial charge in [0.05, 0.1) is 24.3 Å². The number of amides is 1. The summed E-state index contributed by atoms with van der Waals surface area (Å²) >= 11 is 1.36. The van der Waals surface area contributed by atoms with Crippen molar-refractivity contribution in [3.8, 4) is 10.4 Å². The molecular formula is C21H26N2O4S. The fourth-order valence-corrected chi connectivity index (χ4v) is 4.36. The highest BCUT2D eigenvalue weighted by Gasteiger charge is 2.28. The van der Waals surface area contributed by atoms with E-state index in [1.165, 1.54) is 11.3 Å². The zero-order valence-electron chi connectivity index (χ0n) is 16.2. The smallest absolute Gasteiger partial charge is 0.341 e. The number of aliphatic hydroxyl groups excluding tert-OH is 1. The number of β-amino-alcohol motifs (C(OH)–C–C–N with tert-alkyl or cyclic N) is 1. The number of esters is 1. The highest BCUT2D eigenvalue weighted by Crippen LogP contribution is 2.36. The van der Waals surface area contributed by atoms with Gasteiger partial charge >= 0.3 is 5.97 Å². The fraction of sp³-hybridized carbons (Fsp3) is 0.429. The number of hydrogen-bond donors (Lipinski definition) is 2. The number of rotatable bonds is 6. The summed E-state index contributed by atoms with van der Waals surface area (Å²) in [5.74, 6) is -0.640. The van der Waals surface area contributed by atoms with Gasteiger partial charge in [0.2, 0.25) is 5.91 Å². The Morgan fingerprint density at radius 1 is 1.36 bits per heavy atom. The Morgan fingerprint density at radius 3 is 2.79 bits per heavy atom. The van der Waals surface area contributed by atoms with Crippen LogP contribution < -0.4 is 5.32 Å². The van der Waals surface area contributed by atoms with Crippen molar-refractivity contribution >= 4 is 28.2 Å². The number of carbonyl (C=O) groups is 2. The second kappa shape index (κ2) is 9.32. The van der Waals surface area contributed by atoms with Crippen molar-refractivity contribution in [1.29, 1.82) is 0 Å². The first kappa shape index (κ1) is 20.5. The van der Waals surface area contributed by atoms with Crippen molar-refractivity contribution in [2.45, 2.75) is 38.8 Å². The van der Waals surface area contributed by atoms with Gasteiger partial charge in [0.1, 0.15) is 5.00 Å². The number of aliphatic hydroxyl groups is 1. The van der Waals surface area contributed by atoms with Crippen LogP contribution in [-0.2, 0) is 9.53 Å². The number of nitrogens with one attached hydrogen (secondary N) is 1. The first-order chi connectivity index (χ1) is 13.5. The van der Waals surface area contributed by atoms with E-state index in [2.05, 4.69) is 5.32 Å². The van der Waals surface area contributed by atoms with E-state index in [0.717, 1.165) is 29.8 Å². The van der Waals surface area contributed by atoms with E-state index in [0.29, 0.717) is 17.1 Å². The predicted octanol–water partition coefficient (Wildman–Crippen LogP) is 3.38. The Kier molecular flexibility index (Phi) is 6.83. The molecular weight excluding hydrogens is 376 g/mol. The highest BCUT2D eigenvalue weighted by molar-refractivity contribution is 7.20. The van der Waals surface area contributed by atoms with Crippen LogP contribution in [0.25, 0.3) is 10.4 Å². The van der Waals surface area contributed by atoms with Gasteiger partial charge in [0.15, 0.2) is 0 Å². The molecule has 3 rings (SSSR count). The second-order valence-electron chi connectivity index (χ2n) is 6.90. The molecule has 1 aliphatic heterocycles. The minimum Gasteiger partial charge on any atom is -0.462 e. The maximum Gasteiger partial charge on any atom is 0.341 e. The molecule has 1 saturated heterocycles. The van der Waals surface area contributed by atoms with Crippen LogP contribution in [0.5, 0.6) is 0 Å². The van der Waals surface area contributed by atoms with Gasteiger partial charge < -0.3 is 15.2 Å². The summed E-state index contributed by atoms with van der Waals surface area (Å²) in [6.45, 7) is 5.10. The van der Waals surface area contributed by atoms with Crippen LogP contribution in [-0.4, -0.2) is 53.7 Å². The third-order valence-electron chi connectivity index (χ3n) is 4.88. The number of carbonyl (C=O) groups excluding carboxylic acids is 2. The predicted molar refractivity (Wildman–Crippen MR) is 111 cm³/mol. The van der Waals surface area contributed by atoms with Crippen molar-refractivity contribution in [2.24, 2.45) is 0 Å². The van der Waals surface area contributed by atoms with Gasteiger partial charge in [-0.3, -0.25) is 9.69 Å². The standard InChI is InChI=1S/C21H26N2O4S/c1-3-27-21(26)17-12-18(15-8-5-4-6-9-15)28-20(17)22-19(25)14(2)23-11-7-10-16(24)13-23/h4-6,8-9,12,14,16,24H,3,7,10-11,13H2,1-2H3,(H,22,25). The van der Waals surface area contributed by atoms with Gasteiger partial charge in [0, 0.05) is 11.4 Å². The quantitative estimate of drug-likeness (QED) is 0.724. The third-order valence-corrected chi connectivity index (χ3v) is 5.98. The Morgan fingerprint density at radius 2 is 2.11 bits per heavy atom. The first-order valence-corrected chi connectivity index (χ1v) is 10.4. The molecule has 2 aromatic rings. The summed E-state index contributed by atoms with van der Waals surface area (Å²) in [6.07, 6.45) is 1.23. The lowest BCUT2D eigenvalue weighted by Crippen LogP contribution is -2.48. The Balaban J connectivity index is 1.82. The lowest BCUT2D eigenvalue weighted by Gasteiger charge is -2.33. The molecule has 2 N–H and O–H groups in total. The molecule has 6 nitrogen and oxygen atoms in total. The van der Waals surface area contributed by atoms with Gasteiger partial charge in [-0.15, -0.1) is 11.3 Å². The molecule has 7 heteroatoms. The van der Waals surface area contributed by atoms with Gasteiger partial charge in [0.25, 0.3) is 0 Å². The minimum absolute atomic E-state index is 0.193. The topological polar surface area (TPSA) is 78.9 Å². The normalized spacial score (nSPS) is 18.5. The average Bonchev–Trinajstić information content (AvgIpc) is 3.12. The molecule has 0 spiro atoms. The van der Waals surface area contributed by atoms with Crippen molar-refractivity contribution in [3.63, 3.8) is 0 Å². The van der Waals surface area contributed by atoms with E-state index in [1.54, 1.807) is 13.0 Å². The maximum atomic E-state index is 12.8. The molecule has 1 aromatic carbocycles. The third kappa shape index (κ3) is 4.79. The second-order valence-corrected chi connectivity index (χ2v) is 7.95. The first-order valence-electron chi connectivity index (χ1n) is 9.59. The summed E-state index contributed by atoms with van der Waals surface area (Å²) in [4.78, 5) is 28.1. The van der Waals surface area contributed by atoms with Gasteiger partial charge in [-0.25, -0.2) is 4.79 Å². The van der Waals surface area contributed by atoms with E-state index in [-0.39, 0.29) is 12.5 Å². The summed E-state index contributed by atoms with van der Waals surface area (Å²) in [5, 5.41) is 13.3. The van der Waals surface area contributed by atoms with Crippen LogP contribution in [0, 0.1) is 0 Å². The van der Waals surface area contributed by atoms with E-state index < -0.39 is 18.1 Å².